The van der Waals surface area contributed by atoms with E-state index in [1.54, 1.807) is 0 Å². The van der Waals surface area contributed by atoms with E-state index in [0.717, 1.165) is 24.2 Å². The molecule has 3 unspecified atom stereocenters. The Morgan fingerprint density at radius 3 is 2.62 bits per heavy atom. The highest BCUT2D eigenvalue weighted by molar-refractivity contribution is 6.30. The van der Waals surface area contributed by atoms with E-state index in [2.05, 4.69) is 28.9 Å². The average molecular weight is 308 g/mol. The lowest BCUT2D eigenvalue weighted by Crippen LogP contribution is -2.57. The Labute approximate surface area is 133 Å². The first-order valence-electron chi connectivity index (χ1n) is 8.14. The minimum Gasteiger partial charge on any atom is -0.326 e. The Balaban J connectivity index is 1.76. The molecule has 116 valence electrons. The molecule has 3 nitrogen and oxygen atoms in total. The largest absolute Gasteiger partial charge is 0.326 e. The number of halogens is 1. The second-order valence-electron chi connectivity index (χ2n) is 6.54. The van der Waals surface area contributed by atoms with Gasteiger partial charge in [0, 0.05) is 42.8 Å². The van der Waals surface area contributed by atoms with Crippen molar-refractivity contribution in [2.24, 2.45) is 5.73 Å². The van der Waals surface area contributed by atoms with Crippen molar-refractivity contribution in [1.29, 1.82) is 0 Å². The van der Waals surface area contributed by atoms with Crippen molar-refractivity contribution >= 4 is 11.6 Å². The standard InChI is InChI=1S/C17H26ClN3/c1-13(19)17(14-5-7-15(18)8-6-14)21-11-10-20-9-3-2-4-16(20)12-21/h5-8,13,16-17H,2-4,9-12,19H2,1H3. The summed E-state index contributed by atoms with van der Waals surface area (Å²) in [6.45, 7) is 6.84. The zero-order valence-electron chi connectivity index (χ0n) is 12.8. The molecule has 2 N–H and O–H groups in total. The number of nitrogens with zero attached hydrogens (tertiary/aromatic N) is 2. The van der Waals surface area contributed by atoms with E-state index in [9.17, 15) is 0 Å². The van der Waals surface area contributed by atoms with Crippen LogP contribution >= 0.6 is 11.6 Å². The number of piperidine rings is 1. The van der Waals surface area contributed by atoms with E-state index >= 15 is 0 Å². The van der Waals surface area contributed by atoms with Gasteiger partial charge in [-0.1, -0.05) is 30.2 Å². The maximum absolute atomic E-state index is 6.32. The van der Waals surface area contributed by atoms with Crippen LogP contribution in [0.15, 0.2) is 24.3 Å². The van der Waals surface area contributed by atoms with Crippen LogP contribution in [0.25, 0.3) is 0 Å². The van der Waals surface area contributed by atoms with Gasteiger partial charge in [-0.2, -0.15) is 0 Å². The number of hydrogen-bond donors (Lipinski definition) is 1. The van der Waals surface area contributed by atoms with Crippen LogP contribution in [0.5, 0.6) is 0 Å². The molecule has 0 spiro atoms. The van der Waals surface area contributed by atoms with Gasteiger partial charge in [0.15, 0.2) is 0 Å². The quantitative estimate of drug-likeness (QED) is 0.932. The van der Waals surface area contributed by atoms with Crippen LogP contribution in [0.3, 0.4) is 0 Å². The Morgan fingerprint density at radius 1 is 1.14 bits per heavy atom. The maximum Gasteiger partial charge on any atom is 0.0497 e. The van der Waals surface area contributed by atoms with Gasteiger partial charge in [-0.3, -0.25) is 9.80 Å². The molecule has 2 fully saturated rings. The van der Waals surface area contributed by atoms with Gasteiger partial charge in [0.2, 0.25) is 0 Å². The summed E-state index contributed by atoms with van der Waals surface area (Å²) < 4.78 is 0. The molecule has 0 aliphatic carbocycles. The van der Waals surface area contributed by atoms with E-state index in [-0.39, 0.29) is 6.04 Å². The minimum atomic E-state index is 0.126. The fourth-order valence-electron chi connectivity index (χ4n) is 3.94. The molecule has 2 aliphatic rings. The normalized spacial score (nSPS) is 27.1. The first-order valence-corrected chi connectivity index (χ1v) is 8.52. The highest BCUT2D eigenvalue weighted by Gasteiger charge is 2.33. The van der Waals surface area contributed by atoms with Crippen molar-refractivity contribution in [2.75, 3.05) is 26.2 Å². The van der Waals surface area contributed by atoms with Crippen LogP contribution in [-0.2, 0) is 0 Å². The van der Waals surface area contributed by atoms with Crippen LogP contribution in [0, 0.1) is 0 Å². The summed E-state index contributed by atoms with van der Waals surface area (Å²) in [5.41, 5.74) is 7.61. The zero-order valence-corrected chi connectivity index (χ0v) is 13.6. The fourth-order valence-corrected chi connectivity index (χ4v) is 4.07. The van der Waals surface area contributed by atoms with E-state index in [1.807, 2.05) is 12.1 Å². The second-order valence-corrected chi connectivity index (χ2v) is 6.97. The molecule has 0 radical (unpaired) electrons. The third-order valence-corrected chi connectivity index (χ3v) is 5.22. The molecule has 0 bridgehead atoms. The van der Waals surface area contributed by atoms with Gasteiger partial charge in [-0.15, -0.1) is 0 Å². The molecule has 2 heterocycles. The van der Waals surface area contributed by atoms with Crippen molar-refractivity contribution in [3.05, 3.63) is 34.9 Å². The van der Waals surface area contributed by atoms with E-state index in [1.165, 1.54) is 37.9 Å². The Hall–Kier alpha value is -0.610. The first kappa shape index (κ1) is 15.3. The van der Waals surface area contributed by atoms with Crippen molar-refractivity contribution in [1.82, 2.24) is 9.80 Å². The summed E-state index contributed by atoms with van der Waals surface area (Å²) >= 11 is 6.02. The molecule has 1 aromatic carbocycles. The molecule has 2 saturated heterocycles. The summed E-state index contributed by atoms with van der Waals surface area (Å²) in [6.07, 6.45) is 4.08. The Morgan fingerprint density at radius 2 is 1.90 bits per heavy atom. The van der Waals surface area contributed by atoms with Gasteiger partial charge in [0.1, 0.15) is 0 Å². The molecule has 0 amide bonds. The molecule has 0 aromatic heterocycles. The van der Waals surface area contributed by atoms with Crippen LogP contribution in [-0.4, -0.2) is 48.1 Å². The predicted octanol–water partition coefficient (Wildman–Crippen LogP) is 2.90. The third kappa shape index (κ3) is 3.42. The smallest absolute Gasteiger partial charge is 0.0497 e. The van der Waals surface area contributed by atoms with Crippen molar-refractivity contribution in [3.63, 3.8) is 0 Å². The molecule has 3 rings (SSSR count). The lowest BCUT2D eigenvalue weighted by Gasteiger charge is -2.47. The van der Waals surface area contributed by atoms with Crippen LogP contribution in [0.1, 0.15) is 37.8 Å². The van der Waals surface area contributed by atoms with Crippen molar-refractivity contribution in [2.45, 2.75) is 44.3 Å². The molecule has 4 heteroatoms. The van der Waals surface area contributed by atoms with E-state index in [4.69, 9.17) is 17.3 Å². The highest BCUT2D eigenvalue weighted by Crippen LogP contribution is 2.30. The van der Waals surface area contributed by atoms with Gasteiger partial charge in [-0.25, -0.2) is 0 Å². The monoisotopic (exact) mass is 307 g/mol. The molecule has 0 saturated carbocycles. The number of benzene rings is 1. The first-order chi connectivity index (χ1) is 10.1. The topological polar surface area (TPSA) is 32.5 Å². The molecule has 21 heavy (non-hydrogen) atoms. The number of nitrogens with two attached hydrogens (primary N) is 1. The molecule has 2 aliphatic heterocycles. The summed E-state index contributed by atoms with van der Waals surface area (Å²) in [5, 5.41) is 0.791. The van der Waals surface area contributed by atoms with Gasteiger partial charge >= 0.3 is 0 Å². The predicted molar refractivity (Wildman–Crippen MR) is 88.6 cm³/mol. The summed E-state index contributed by atoms with van der Waals surface area (Å²) in [5.74, 6) is 0. The summed E-state index contributed by atoms with van der Waals surface area (Å²) in [6, 6.07) is 9.35. The van der Waals surface area contributed by atoms with Crippen molar-refractivity contribution < 1.29 is 0 Å². The fraction of sp³-hybridized carbons (Fsp3) is 0.647. The van der Waals surface area contributed by atoms with Crippen molar-refractivity contribution in [3.8, 4) is 0 Å². The number of fused-ring (bicyclic) bond motifs is 1. The van der Waals surface area contributed by atoms with Gasteiger partial charge in [0.25, 0.3) is 0 Å². The van der Waals surface area contributed by atoms with Crippen LogP contribution in [0.4, 0.5) is 0 Å². The SMILES string of the molecule is CC(N)C(c1ccc(Cl)cc1)N1CCN2CCCCC2C1. The number of hydrogen-bond acceptors (Lipinski definition) is 3. The molecule has 3 atom stereocenters. The lowest BCUT2D eigenvalue weighted by atomic mass is 9.94. The second kappa shape index (κ2) is 6.66. The molecular formula is C17H26ClN3. The number of rotatable bonds is 3. The number of piperazine rings is 1. The zero-order chi connectivity index (χ0) is 14.8. The molecular weight excluding hydrogens is 282 g/mol. The lowest BCUT2D eigenvalue weighted by molar-refractivity contribution is 0.0220. The van der Waals surface area contributed by atoms with E-state index < -0.39 is 0 Å². The van der Waals surface area contributed by atoms with Crippen LogP contribution in [0.2, 0.25) is 5.02 Å². The van der Waals surface area contributed by atoms with Gasteiger partial charge in [0.05, 0.1) is 0 Å². The van der Waals surface area contributed by atoms with Gasteiger partial charge < -0.3 is 5.73 Å². The molecule has 1 aromatic rings. The average Bonchev–Trinajstić information content (AvgIpc) is 2.49. The Bertz CT molecular complexity index is 460. The minimum absolute atomic E-state index is 0.126. The summed E-state index contributed by atoms with van der Waals surface area (Å²) in [7, 11) is 0. The maximum atomic E-state index is 6.32. The third-order valence-electron chi connectivity index (χ3n) is 4.97. The van der Waals surface area contributed by atoms with Gasteiger partial charge in [-0.05, 0) is 44.0 Å². The Kier molecular flexibility index (Phi) is 4.85. The highest BCUT2D eigenvalue weighted by atomic mass is 35.5. The van der Waals surface area contributed by atoms with E-state index in [0.29, 0.717) is 6.04 Å². The summed E-state index contributed by atoms with van der Waals surface area (Å²) in [4.78, 5) is 5.25. The van der Waals surface area contributed by atoms with Crippen LogP contribution < -0.4 is 5.73 Å².